The molecule has 1 amide bonds. The first-order valence-electron chi connectivity index (χ1n) is 9.90. The maximum Gasteiger partial charge on any atom is 0.241 e. The number of anilines is 2. The molecule has 1 atom stereocenters. The number of aryl methyl sites for hydroxylation is 4. The highest BCUT2D eigenvalue weighted by Crippen LogP contribution is 2.26. The fraction of sp³-hybridized carbons (Fsp3) is 0.435. The summed E-state index contributed by atoms with van der Waals surface area (Å²) < 4.78 is 0. The van der Waals surface area contributed by atoms with Gasteiger partial charge in [0.2, 0.25) is 5.91 Å². The molecule has 0 unspecified atom stereocenters. The summed E-state index contributed by atoms with van der Waals surface area (Å²) >= 11 is 6.18. The van der Waals surface area contributed by atoms with Crippen LogP contribution in [0.15, 0.2) is 30.3 Å². The molecule has 1 aliphatic heterocycles. The van der Waals surface area contributed by atoms with Gasteiger partial charge >= 0.3 is 0 Å². The summed E-state index contributed by atoms with van der Waals surface area (Å²) in [6.45, 7) is 13.8. The Hall–Kier alpha value is -2.04. The van der Waals surface area contributed by atoms with Crippen LogP contribution in [-0.2, 0) is 4.79 Å². The number of piperazine rings is 1. The van der Waals surface area contributed by atoms with E-state index in [4.69, 9.17) is 11.6 Å². The lowest BCUT2D eigenvalue weighted by molar-refractivity contribution is -0.120. The van der Waals surface area contributed by atoms with E-state index >= 15 is 0 Å². The SMILES string of the molecule is Cc1cc(C)c(NC(=O)[C@H](C)N2CCN(c3cc(Cl)ccc3C)CC2)c(C)c1. The van der Waals surface area contributed by atoms with Gasteiger partial charge in [-0.2, -0.15) is 0 Å². The van der Waals surface area contributed by atoms with Gasteiger partial charge in [0.15, 0.2) is 0 Å². The van der Waals surface area contributed by atoms with Crippen molar-refractivity contribution in [1.82, 2.24) is 4.90 Å². The van der Waals surface area contributed by atoms with E-state index in [0.717, 1.165) is 48.0 Å². The summed E-state index contributed by atoms with van der Waals surface area (Å²) in [6.07, 6.45) is 0. The minimum Gasteiger partial charge on any atom is -0.369 e. The van der Waals surface area contributed by atoms with Gasteiger partial charge in [-0.15, -0.1) is 0 Å². The Morgan fingerprint density at radius 2 is 1.57 bits per heavy atom. The van der Waals surface area contributed by atoms with E-state index in [2.05, 4.69) is 47.2 Å². The molecule has 0 saturated carbocycles. The van der Waals surface area contributed by atoms with Crippen molar-refractivity contribution < 1.29 is 4.79 Å². The van der Waals surface area contributed by atoms with E-state index in [1.165, 1.54) is 16.8 Å². The number of hydrogen-bond donors (Lipinski definition) is 1. The molecule has 0 bridgehead atoms. The highest BCUT2D eigenvalue weighted by Gasteiger charge is 2.26. The maximum absolute atomic E-state index is 12.9. The highest BCUT2D eigenvalue weighted by atomic mass is 35.5. The molecule has 0 aliphatic carbocycles. The minimum absolute atomic E-state index is 0.0578. The number of nitrogens with zero attached hydrogens (tertiary/aromatic N) is 2. The summed E-state index contributed by atoms with van der Waals surface area (Å²) in [7, 11) is 0. The molecule has 28 heavy (non-hydrogen) atoms. The van der Waals surface area contributed by atoms with E-state index < -0.39 is 0 Å². The molecule has 1 N–H and O–H groups in total. The zero-order chi connectivity index (χ0) is 20.4. The van der Waals surface area contributed by atoms with Gasteiger partial charge in [-0.05, 0) is 63.4 Å². The second-order valence-corrected chi connectivity index (χ2v) is 8.33. The van der Waals surface area contributed by atoms with Gasteiger partial charge in [0.25, 0.3) is 0 Å². The predicted molar refractivity (Wildman–Crippen MR) is 119 cm³/mol. The van der Waals surface area contributed by atoms with Crippen LogP contribution < -0.4 is 10.2 Å². The Balaban J connectivity index is 1.63. The number of hydrogen-bond acceptors (Lipinski definition) is 3. The monoisotopic (exact) mass is 399 g/mol. The van der Waals surface area contributed by atoms with Crippen LogP contribution in [0.25, 0.3) is 0 Å². The van der Waals surface area contributed by atoms with Gasteiger partial charge in [-0.25, -0.2) is 0 Å². The fourth-order valence-corrected chi connectivity index (χ4v) is 4.21. The van der Waals surface area contributed by atoms with Gasteiger partial charge in [-0.1, -0.05) is 35.4 Å². The Morgan fingerprint density at radius 1 is 0.964 bits per heavy atom. The number of carbonyl (C=O) groups is 1. The van der Waals surface area contributed by atoms with Crippen LogP contribution in [0.2, 0.25) is 5.02 Å². The first kappa shape index (κ1) is 20.7. The molecule has 1 aliphatic rings. The predicted octanol–water partition coefficient (Wildman–Crippen LogP) is 4.72. The zero-order valence-corrected chi connectivity index (χ0v) is 18.2. The van der Waals surface area contributed by atoms with Crippen molar-refractivity contribution in [2.75, 3.05) is 36.4 Å². The lowest BCUT2D eigenvalue weighted by atomic mass is 10.0. The van der Waals surface area contributed by atoms with Crippen molar-refractivity contribution in [3.05, 3.63) is 57.6 Å². The van der Waals surface area contributed by atoms with Crippen LogP contribution in [0.5, 0.6) is 0 Å². The third-order valence-corrected chi connectivity index (χ3v) is 5.91. The average Bonchev–Trinajstić information content (AvgIpc) is 2.66. The van der Waals surface area contributed by atoms with Crippen LogP contribution in [0.1, 0.15) is 29.2 Å². The topological polar surface area (TPSA) is 35.6 Å². The fourth-order valence-electron chi connectivity index (χ4n) is 4.04. The van der Waals surface area contributed by atoms with Crippen LogP contribution in [0.3, 0.4) is 0 Å². The molecule has 1 saturated heterocycles. The smallest absolute Gasteiger partial charge is 0.241 e. The standard InChI is InChI=1S/C23H30ClN3O/c1-15-12-17(3)22(18(4)13-15)25-23(28)19(5)26-8-10-27(11-9-26)21-14-20(24)7-6-16(21)2/h6-7,12-14,19H,8-11H2,1-5H3,(H,25,28)/t19-/m0/s1. The van der Waals surface area contributed by atoms with Crippen molar-refractivity contribution >= 4 is 28.9 Å². The molecular weight excluding hydrogens is 370 g/mol. The quantitative estimate of drug-likeness (QED) is 0.807. The lowest BCUT2D eigenvalue weighted by Crippen LogP contribution is -2.53. The summed E-state index contributed by atoms with van der Waals surface area (Å²) in [5.41, 5.74) is 6.80. The van der Waals surface area contributed by atoms with E-state index in [0.29, 0.717) is 0 Å². The van der Waals surface area contributed by atoms with Crippen molar-refractivity contribution in [1.29, 1.82) is 0 Å². The van der Waals surface area contributed by atoms with E-state index in [1.54, 1.807) is 0 Å². The Kier molecular flexibility index (Phi) is 6.31. The van der Waals surface area contributed by atoms with Crippen LogP contribution in [0, 0.1) is 27.7 Å². The van der Waals surface area contributed by atoms with Crippen molar-refractivity contribution in [2.45, 2.75) is 40.7 Å². The molecular formula is C23H30ClN3O. The third-order valence-electron chi connectivity index (χ3n) is 5.68. The van der Waals surface area contributed by atoms with Crippen LogP contribution in [0.4, 0.5) is 11.4 Å². The second-order valence-electron chi connectivity index (χ2n) is 7.89. The number of carbonyl (C=O) groups excluding carboxylic acids is 1. The molecule has 2 aromatic rings. The highest BCUT2D eigenvalue weighted by molar-refractivity contribution is 6.30. The zero-order valence-electron chi connectivity index (χ0n) is 17.5. The van der Waals surface area contributed by atoms with Gasteiger partial charge in [0, 0.05) is 42.6 Å². The maximum atomic E-state index is 12.9. The summed E-state index contributed by atoms with van der Waals surface area (Å²) in [5.74, 6) is 0.0578. The molecule has 5 heteroatoms. The Bertz CT molecular complexity index is 849. The van der Waals surface area contributed by atoms with Crippen molar-refractivity contribution in [3.63, 3.8) is 0 Å². The number of benzene rings is 2. The molecule has 0 aromatic heterocycles. The van der Waals surface area contributed by atoms with E-state index in [-0.39, 0.29) is 11.9 Å². The Morgan fingerprint density at radius 3 is 2.18 bits per heavy atom. The number of rotatable bonds is 4. The Labute approximate surface area is 173 Å². The summed E-state index contributed by atoms with van der Waals surface area (Å²) in [4.78, 5) is 17.5. The third kappa shape index (κ3) is 4.50. The summed E-state index contributed by atoms with van der Waals surface area (Å²) in [5, 5.41) is 3.91. The van der Waals surface area contributed by atoms with E-state index in [9.17, 15) is 4.79 Å². The molecule has 4 nitrogen and oxygen atoms in total. The second kappa shape index (κ2) is 8.54. The van der Waals surface area contributed by atoms with Gasteiger partial charge in [0.1, 0.15) is 0 Å². The number of amides is 1. The number of halogens is 1. The van der Waals surface area contributed by atoms with Gasteiger partial charge in [0.05, 0.1) is 6.04 Å². The van der Waals surface area contributed by atoms with Gasteiger partial charge < -0.3 is 10.2 Å². The minimum atomic E-state index is -0.164. The van der Waals surface area contributed by atoms with Crippen molar-refractivity contribution in [2.24, 2.45) is 0 Å². The largest absolute Gasteiger partial charge is 0.369 e. The van der Waals surface area contributed by atoms with Crippen molar-refractivity contribution in [3.8, 4) is 0 Å². The summed E-state index contributed by atoms with van der Waals surface area (Å²) in [6, 6.07) is 10.1. The first-order chi connectivity index (χ1) is 13.3. The number of nitrogens with one attached hydrogen (secondary N) is 1. The average molecular weight is 400 g/mol. The van der Waals surface area contributed by atoms with Gasteiger partial charge in [-0.3, -0.25) is 9.69 Å². The molecule has 0 radical (unpaired) electrons. The molecule has 2 aromatic carbocycles. The normalized spacial score (nSPS) is 16.1. The molecule has 150 valence electrons. The van der Waals surface area contributed by atoms with E-state index in [1.807, 2.05) is 32.9 Å². The van der Waals surface area contributed by atoms with Crippen LogP contribution in [-0.4, -0.2) is 43.0 Å². The molecule has 0 spiro atoms. The molecule has 3 rings (SSSR count). The lowest BCUT2D eigenvalue weighted by Gasteiger charge is -2.39. The molecule has 1 fully saturated rings. The van der Waals surface area contributed by atoms with Crippen LogP contribution >= 0.6 is 11.6 Å². The molecule has 1 heterocycles. The first-order valence-corrected chi connectivity index (χ1v) is 10.3.